The summed E-state index contributed by atoms with van der Waals surface area (Å²) in [6.07, 6.45) is 1.33. The Bertz CT molecular complexity index is 4900. The SMILES string of the molecule is CN1C(=O)c2ccc3c4ccc5c6c(ccc(c7ccc(c2c37)C1=O)c64)C(=O)N(CCCc1ccc(-c2ccc(-c3ccc(-c4ccc(-c6ccc(-c7ccc(-c8ccc(-c9ccccc9)s8)n7C)s6)c6nsnc46)s3)n2C)s1)C5=O. The standard InChI is InChI=1S/C66H42N6O4S5/c1-69-46(22-23-48(69)55-31-28-51(79-55)40-16-17-41(62-61(40)67-81-68-62)52-29-32-56(80-52)49-25-24-47(70(49)2)54-30-27-50(78-54)34-8-5-4-6-9-34)53-26-11-35(77-53)10-7-33-72-65(75)44-20-14-38-36-12-18-42-59-43(64(74)71(3)63(42)73)19-13-37(57(36)59)39-15-21-45(66(72)76)60(44)58(38)39/h4-6,8-9,11-32H,7,10,33H2,1-3H3. The molecule has 0 saturated heterocycles. The second kappa shape index (κ2) is 18.2. The zero-order valence-corrected chi connectivity index (χ0v) is 47.6. The van der Waals surface area contributed by atoms with E-state index in [9.17, 15) is 19.2 Å². The lowest BCUT2D eigenvalue weighted by Crippen LogP contribution is -2.41. The van der Waals surface area contributed by atoms with Gasteiger partial charge in [0.15, 0.2) is 0 Å². The number of imide groups is 2. The van der Waals surface area contributed by atoms with Gasteiger partial charge in [0.25, 0.3) is 23.6 Å². The molecule has 9 heterocycles. The molecule has 0 aliphatic carbocycles. The van der Waals surface area contributed by atoms with Crippen LogP contribution < -0.4 is 0 Å². The molecule has 15 heteroatoms. The van der Waals surface area contributed by atoms with Crippen molar-refractivity contribution in [2.75, 3.05) is 13.6 Å². The van der Waals surface area contributed by atoms with E-state index in [0.29, 0.717) is 45.9 Å². The van der Waals surface area contributed by atoms with Gasteiger partial charge in [0.2, 0.25) is 0 Å². The second-order valence-corrected chi connectivity index (χ2v) is 25.7. The van der Waals surface area contributed by atoms with E-state index in [1.54, 1.807) is 46.1 Å². The van der Waals surface area contributed by atoms with Crippen molar-refractivity contribution in [1.29, 1.82) is 0 Å². The van der Waals surface area contributed by atoms with Crippen LogP contribution in [-0.4, -0.2) is 64.9 Å². The Hall–Kier alpha value is -8.70. The van der Waals surface area contributed by atoms with Gasteiger partial charge in [0.1, 0.15) is 11.0 Å². The number of aromatic nitrogens is 4. The third kappa shape index (κ3) is 7.19. The van der Waals surface area contributed by atoms with Crippen molar-refractivity contribution >= 4 is 135 Å². The van der Waals surface area contributed by atoms with Crippen LogP contribution in [0.15, 0.2) is 164 Å². The van der Waals surface area contributed by atoms with Crippen molar-refractivity contribution in [3.05, 3.63) is 191 Å². The van der Waals surface area contributed by atoms with Gasteiger partial charge in [-0.3, -0.25) is 29.0 Å². The summed E-state index contributed by atoms with van der Waals surface area (Å²) in [5, 5.41) is 6.50. The first-order valence-corrected chi connectivity index (χ1v) is 30.5. The van der Waals surface area contributed by atoms with Crippen molar-refractivity contribution in [1.82, 2.24) is 27.7 Å². The van der Waals surface area contributed by atoms with Crippen LogP contribution in [-0.2, 0) is 20.5 Å². The number of hydrogen-bond acceptors (Lipinski definition) is 11. The minimum absolute atomic E-state index is 0.290. The molecule has 0 bridgehead atoms. The number of carbonyl (C=O) groups excluding carboxylic acids is 4. The van der Waals surface area contributed by atoms with Crippen LogP contribution >= 0.6 is 57.1 Å². The van der Waals surface area contributed by atoms with Crippen LogP contribution in [0.25, 0.3) is 128 Å². The van der Waals surface area contributed by atoms with Crippen LogP contribution in [0, 0.1) is 0 Å². The minimum atomic E-state index is -0.330. The second-order valence-electron chi connectivity index (χ2n) is 20.7. The van der Waals surface area contributed by atoms with Crippen LogP contribution in [0.3, 0.4) is 0 Å². The van der Waals surface area contributed by atoms with E-state index in [1.165, 1.54) is 60.1 Å². The summed E-state index contributed by atoms with van der Waals surface area (Å²) < 4.78 is 14.3. The number of benzene rings is 7. The number of fused-ring (bicyclic) bond motifs is 3. The molecule has 0 spiro atoms. The number of thiophene rings is 4. The van der Waals surface area contributed by atoms with Gasteiger partial charge >= 0.3 is 0 Å². The highest BCUT2D eigenvalue weighted by molar-refractivity contribution is 7.20. The number of carbonyl (C=O) groups is 4. The lowest BCUT2D eigenvalue weighted by molar-refractivity contribution is 0.0604. The Morgan fingerprint density at radius 2 is 0.765 bits per heavy atom. The predicted octanol–water partition coefficient (Wildman–Crippen LogP) is 16.8. The average Bonchev–Trinajstić information content (AvgIpc) is 2.53. The van der Waals surface area contributed by atoms with Gasteiger partial charge in [-0.25, -0.2) is 0 Å². The zero-order chi connectivity index (χ0) is 54.5. The molecule has 2 aliphatic heterocycles. The van der Waals surface area contributed by atoms with Gasteiger partial charge in [-0.15, -0.1) is 45.3 Å². The maximum absolute atomic E-state index is 14.3. The van der Waals surface area contributed by atoms with E-state index >= 15 is 0 Å². The fourth-order valence-electron chi connectivity index (χ4n) is 12.5. The van der Waals surface area contributed by atoms with E-state index in [1.807, 2.05) is 47.7 Å². The lowest BCUT2D eigenvalue weighted by atomic mass is 9.82. The molecular formula is C66H42N6O4S5. The third-order valence-electron chi connectivity index (χ3n) is 16.5. The Labute approximate surface area is 483 Å². The first-order chi connectivity index (χ1) is 39.6. The summed E-state index contributed by atoms with van der Waals surface area (Å²) in [4.78, 5) is 67.3. The van der Waals surface area contributed by atoms with Gasteiger partial charge in [0, 0.05) is 91.3 Å². The topological polar surface area (TPSA) is 110 Å². The van der Waals surface area contributed by atoms with Crippen molar-refractivity contribution in [3.63, 3.8) is 0 Å². The summed E-state index contributed by atoms with van der Waals surface area (Å²) in [5.74, 6) is -1.25. The van der Waals surface area contributed by atoms with Gasteiger partial charge < -0.3 is 9.13 Å². The average molecular weight is 1140 g/mol. The quantitative estimate of drug-likeness (QED) is 0.0725. The number of nitrogens with zero attached hydrogens (tertiary/aromatic N) is 6. The van der Waals surface area contributed by atoms with Crippen molar-refractivity contribution in [2.24, 2.45) is 14.1 Å². The largest absolute Gasteiger partial charge is 0.342 e. The van der Waals surface area contributed by atoms with Crippen LogP contribution in [0.2, 0.25) is 0 Å². The molecule has 390 valence electrons. The molecule has 81 heavy (non-hydrogen) atoms. The van der Waals surface area contributed by atoms with Gasteiger partial charge in [0.05, 0.1) is 54.0 Å². The predicted molar refractivity (Wildman–Crippen MR) is 333 cm³/mol. The molecule has 0 unspecified atom stereocenters. The fraction of sp³-hybridized carbons (Fsp3) is 0.0909. The molecule has 0 fully saturated rings. The highest BCUT2D eigenvalue weighted by atomic mass is 32.1. The molecule has 16 rings (SSSR count). The lowest BCUT2D eigenvalue weighted by Gasteiger charge is -2.29. The summed E-state index contributed by atoms with van der Waals surface area (Å²) in [6, 6.07) is 56.3. The first kappa shape index (κ1) is 48.2. The summed E-state index contributed by atoms with van der Waals surface area (Å²) >= 11 is 8.34. The number of aryl methyl sites for hydroxylation is 1. The van der Waals surface area contributed by atoms with Crippen LogP contribution in [0.1, 0.15) is 52.7 Å². The molecule has 7 aromatic carbocycles. The van der Waals surface area contributed by atoms with Crippen molar-refractivity contribution < 1.29 is 19.2 Å². The maximum atomic E-state index is 14.3. The minimum Gasteiger partial charge on any atom is -0.342 e. The molecule has 4 amide bonds. The Balaban J connectivity index is 0.610. The molecule has 0 radical (unpaired) electrons. The number of rotatable bonds is 11. The van der Waals surface area contributed by atoms with E-state index in [-0.39, 0.29) is 30.2 Å². The zero-order valence-electron chi connectivity index (χ0n) is 43.6. The molecule has 10 nitrogen and oxygen atoms in total. The third-order valence-corrected chi connectivity index (χ3v) is 21.6. The Morgan fingerprint density at radius 1 is 0.370 bits per heavy atom. The molecule has 14 aromatic rings. The Kier molecular flexibility index (Phi) is 10.8. The number of amides is 4. The number of hydrogen-bond donors (Lipinski definition) is 0. The monoisotopic (exact) mass is 1140 g/mol. The summed E-state index contributed by atoms with van der Waals surface area (Å²) in [7, 11) is 5.78. The molecule has 0 atom stereocenters. The molecular weight excluding hydrogens is 1100 g/mol. The van der Waals surface area contributed by atoms with Crippen LogP contribution in [0.4, 0.5) is 0 Å². The van der Waals surface area contributed by atoms with Gasteiger partial charge in [-0.2, -0.15) is 8.75 Å². The van der Waals surface area contributed by atoms with E-state index < -0.39 is 0 Å². The molecule has 0 N–H and O–H groups in total. The molecule has 0 saturated carbocycles. The van der Waals surface area contributed by atoms with Crippen molar-refractivity contribution in [3.8, 4) is 73.6 Å². The highest BCUT2D eigenvalue weighted by Gasteiger charge is 2.36. The maximum Gasteiger partial charge on any atom is 0.261 e. The fourth-order valence-corrected chi connectivity index (χ4v) is 17.4. The van der Waals surface area contributed by atoms with E-state index in [4.69, 9.17) is 8.75 Å². The first-order valence-electron chi connectivity index (χ1n) is 26.5. The van der Waals surface area contributed by atoms with Crippen LogP contribution in [0.5, 0.6) is 0 Å². The van der Waals surface area contributed by atoms with E-state index in [0.717, 1.165) is 90.3 Å². The smallest absolute Gasteiger partial charge is 0.261 e. The van der Waals surface area contributed by atoms with Crippen molar-refractivity contribution in [2.45, 2.75) is 12.8 Å². The summed E-state index contributed by atoms with van der Waals surface area (Å²) in [5.41, 5.74) is 11.8. The Morgan fingerprint density at radius 3 is 1.25 bits per heavy atom. The molecule has 2 aliphatic rings. The highest BCUT2D eigenvalue weighted by Crippen LogP contribution is 2.48. The van der Waals surface area contributed by atoms with Gasteiger partial charge in [-0.05, 0) is 148 Å². The van der Waals surface area contributed by atoms with E-state index in [2.05, 4.69) is 138 Å². The normalized spacial score (nSPS) is 13.6. The van der Waals surface area contributed by atoms with Gasteiger partial charge in [-0.1, -0.05) is 66.7 Å². The molecule has 7 aromatic heterocycles. The summed E-state index contributed by atoms with van der Waals surface area (Å²) in [6.45, 7) is 0.290.